The largest absolute Gasteiger partial charge is 0.466 e. The fraction of sp³-hybridized carbons (Fsp3) is 0.929. The van der Waals surface area contributed by atoms with Crippen LogP contribution >= 0.6 is 0 Å². The molecule has 0 saturated heterocycles. The van der Waals surface area contributed by atoms with E-state index in [0.29, 0.717) is 32.6 Å². The zero-order valence-corrected chi connectivity index (χ0v) is 33.2. The van der Waals surface area contributed by atoms with Crippen molar-refractivity contribution < 1.29 is 33.7 Å². The predicted molar refractivity (Wildman–Crippen MR) is 206 cm³/mol. The van der Waals surface area contributed by atoms with Gasteiger partial charge in [-0.3, -0.25) is 14.4 Å². The van der Waals surface area contributed by atoms with E-state index in [-0.39, 0.29) is 43.5 Å². The Hall–Kier alpha value is -1.67. The minimum absolute atomic E-state index is 0.0159. The van der Waals surface area contributed by atoms with E-state index in [1.807, 2.05) is 0 Å². The molecule has 8 nitrogen and oxygen atoms in total. The van der Waals surface area contributed by atoms with Crippen LogP contribution in [0.15, 0.2) is 0 Å². The number of esters is 3. The Balaban J connectivity index is 3.99. The Kier molecular flexibility index (Phi) is 37.3. The van der Waals surface area contributed by atoms with Crippen LogP contribution in [0, 0.1) is 0 Å². The molecule has 0 bridgehead atoms. The lowest BCUT2D eigenvalue weighted by Gasteiger charge is -2.21. The average molecular weight is 712 g/mol. The van der Waals surface area contributed by atoms with Crippen molar-refractivity contribution in [2.24, 2.45) is 0 Å². The molecule has 296 valence electrons. The summed E-state index contributed by atoms with van der Waals surface area (Å²) in [6, 6.07) is 0. The first-order chi connectivity index (χ1) is 24.5. The maximum atomic E-state index is 12.6. The molecule has 0 saturated carbocycles. The van der Waals surface area contributed by atoms with Crippen molar-refractivity contribution >= 4 is 17.9 Å². The van der Waals surface area contributed by atoms with E-state index >= 15 is 0 Å². The summed E-state index contributed by atoms with van der Waals surface area (Å²) in [7, 11) is 0. The first-order valence-electron chi connectivity index (χ1n) is 21.3. The number of hydrogen-bond acceptors (Lipinski definition) is 8. The van der Waals surface area contributed by atoms with Crippen LogP contribution in [0.4, 0.5) is 0 Å². The number of aliphatic hydroxyl groups excluding tert-OH is 1. The topological polar surface area (TPSA) is 102 Å². The first kappa shape index (κ1) is 48.3. The standard InChI is InChI=1S/C42H81NO7/c1-4-7-10-13-16-21-29-39(28-20-15-11-8-5-2)50-42(47)30-22-17-14-18-23-33-43(35-36-44)34-24-26-38-49-41(46)32-27-31-40(45)48-37-25-19-12-9-6-3/h39,44H,4-38H2,1-3H3. The van der Waals surface area contributed by atoms with Crippen LogP contribution in [0.2, 0.25) is 0 Å². The van der Waals surface area contributed by atoms with Gasteiger partial charge in [-0.1, -0.05) is 124 Å². The molecule has 0 rings (SSSR count). The Morgan fingerprint density at radius 2 is 0.860 bits per heavy atom. The summed E-state index contributed by atoms with van der Waals surface area (Å²) in [6.45, 7) is 10.1. The van der Waals surface area contributed by atoms with Gasteiger partial charge in [0.2, 0.25) is 0 Å². The predicted octanol–water partition coefficient (Wildman–Crippen LogP) is 10.7. The quantitative estimate of drug-likeness (QED) is 0.0382. The molecule has 0 spiro atoms. The minimum atomic E-state index is -0.261. The van der Waals surface area contributed by atoms with Gasteiger partial charge in [0.1, 0.15) is 6.10 Å². The molecule has 0 aromatic carbocycles. The molecule has 8 heteroatoms. The minimum Gasteiger partial charge on any atom is -0.466 e. The summed E-state index contributed by atoms with van der Waals surface area (Å²) in [6.07, 6.45) is 29.9. The number of hydrogen-bond donors (Lipinski definition) is 1. The van der Waals surface area contributed by atoms with Crippen molar-refractivity contribution in [3.63, 3.8) is 0 Å². The monoisotopic (exact) mass is 712 g/mol. The Bertz CT molecular complexity index is 762. The van der Waals surface area contributed by atoms with Crippen molar-refractivity contribution in [1.82, 2.24) is 4.90 Å². The van der Waals surface area contributed by atoms with Gasteiger partial charge >= 0.3 is 17.9 Å². The third kappa shape index (κ3) is 34.8. The maximum Gasteiger partial charge on any atom is 0.306 e. The second kappa shape index (κ2) is 38.6. The highest BCUT2D eigenvalue weighted by Crippen LogP contribution is 2.18. The van der Waals surface area contributed by atoms with Crippen molar-refractivity contribution in [1.29, 1.82) is 0 Å². The van der Waals surface area contributed by atoms with Crippen LogP contribution in [-0.2, 0) is 28.6 Å². The number of carbonyl (C=O) groups excluding carboxylic acids is 3. The van der Waals surface area contributed by atoms with E-state index in [2.05, 4.69) is 25.7 Å². The summed E-state index contributed by atoms with van der Waals surface area (Å²) in [5, 5.41) is 9.50. The van der Waals surface area contributed by atoms with Gasteiger partial charge < -0.3 is 24.2 Å². The van der Waals surface area contributed by atoms with E-state index < -0.39 is 0 Å². The number of unbranched alkanes of at least 4 members (excludes halogenated alkanes) is 18. The van der Waals surface area contributed by atoms with E-state index in [9.17, 15) is 19.5 Å². The lowest BCUT2D eigenvalue weighted by atomic mass is 10.0. The van der Waals surface area contributed by atoms with Gasteiger partial charge in [0.05, 0.1) is 19.8 Å². The number of rotatable bonds is 39. The normalized spacial score (nSPS) is 11.9. The van der Waals surface area contributed by atoms with Crippen LogP contribution in [0.5, 0.6) is 0 Å². The van der Waals surface area contributed by atoms with Gasteiger partial charge in [-0.15, -0.1) is 0 Å². The van der Waals surface area contributed by atoms with Crippen LogP contribution < -0.4 is 0 Å². The molecule has 50 heavy (non-hydrogen) atoms. The first-order valence-corrected chi connectivity index (χ1v) is 21.3. The third-order valence-electron chi connectivity index (χ3n) is 9.48. The molecule has 0 aliphatic heterocycles. The molecule has 0 aliphatic carbocycles. The van der Waals surface area contributed by atoms with E-state index in [1.54, 1.807) is 0 Å². The maximum absolute atomic E-state index is 12.6. The fourth-order valence-electron chi connectivity index (χ4n) is 6.28. The molecule has 0 aromatic heterocycles. The SMILES string of the molecule is CCCCCCCCC(CCCCCCC)OC(=O)CCCCCCCN(CCO)CCCCOC(=O)CCCC(=O)OCCCCCCC. The molecule has 1 unspecified atom stereocenters. The number of nitrogens with zero attached hydrogens (tertiary/aromatic N) is 1. The second-order valence-corrected chi connectivity index (χ2v) is 14.4. The van der Waals surface area contributed by atoms with E-state index in [4.69, 9.17) is 14.2 Å². The zero-order valence-electron chi connectivity index (χ0n) is 33.2. The van der Waals surface area contributed by atoms with Gasteiger partial charge in [-0.25, -0.2) is 0 Å². The van der Waals surface area contributed by atoms with Gasteiger partial charge in [-0.2, -0.15) is 0 Å². The molecule has 1 atom stereocenters. The number of ether oxygens (including phenoxy) is 3. The van der Waals surface area contributed by atoms with Crippen molar-refractivity contribution in [3.05, 3.63) is 0 Å². The Labute approximate surface area is 308 Å². The van der Waals surface area contributed by atoms with Crippen LogP contribution in [0.3, 0.4) is 0 Å². The lowest BCUT2D eigenvalue weighted by Crippen LogP contribution is -2.29. The Morgan fingerprint density at radius 1 is 0.460 bits per heavy atom. The van der Waals surface area contributed by atoms with Gasteiger partial charge in [0, 0.05) is 25.8 Å². The van der Waals surface area contributed by atoms with Crippen molar-refractivity contribution in [2.75, 3.05) is 39.5 Å². The zero-order chi connectivity index (χ0) is 36.8. The van der Waals surface area contributed by atoms with Crippen molar-refractivity contribution in [2.45, 2.75) is 213 Å². The highest BCUT2D eigenvalue weighted by molar-refractivity contribution is 5.72. The molecule has 0 fully saturated rings. The van der Waals surface area contributed by atoms with E-state index in [1.165, 1.54) is 77.0 Å². The van der Waals surface area contributed by atoms with Crippen LogP contribution in [-0.4, -0.2) is 73.5 Å². The van der Waals surface area contributed by atoms with Crippen LogP contribution in [0.25, 0.3) is 0 Å². The third-order valence-corrected chi connectivity index (χ3v) is 9.48. The fourth-order valence-corrected chi connectivity index (χ4v) is 6.28. The molecule has 0 radical (unpaired) electrons. The molecule has 0 heterocycles. The highest BCUT2D eigenvalue weighted by atomic mass is 16.5. The second-order valence-electron chi connectivity index (χ2n) is 14.4. The van der Waals surface area contributed by atoms with E-state index in [0.717, 1.165) is 96.6 Å². The lowest BCUT2D eigenvalue weighted by molar-refractivity contribution is -0.150. The van der Waals surface area contributed by atoms with Crippen LogP contribution in [0.1, 0.15) is 207 Å². The molecular weight excluding hydrogens is 630 g/mol. The number of carbonyl (C=O) groups is 3. The van der Waals surface area contributed by atoms with Gasteiger partial charge in [0.25, 0.3) is 0 Å². The van der Waals surface area contributed by atoms with Gasteiger partial charge in [-0.05, 0) is 77.3 Å². The molecular formula is C42H81NO7. The molecule has 0 amide bonds. The summed E-state index contributed by atoms with van der Waals surface area (Å²) >= 11 is 0. The molecule has 1 N–H and O–H groups in total. The Morgan fingerprint density at radius 3 is 1.38 bits per heavy atom. The van der Waals surface area contributed by atoms with Crippen molar-refractivity contribution in [3.8, 4) is 0 Å². The number of aliphatic hydroxyl groups is 1. The highest BCUT2D eigenvalue weighted by Gasteiger charge is 2.14. The molecule has 0 aliphatic rings. The summed E-state index contributed by atoms with van der Waals surface area (Å²) in [5.74, 6) is -0.510. The smallest absolute Gasteiger partial charge is 0.306 e. The average Bonchev–Trinajstić information content (AvgIpc) is 3.10. The molecule has 0 aromatic rings. The summed E-state index contributed by atoms with van der Waals surface area (Å²) in [5.41, 5.74) is 0. The van der Waals surface area contributed by atoms with Gasteiger partial charge in [0.15, 0.2) is 0 Å². The summed E-state index contributed by atoms with van der Waals surface area (Å²) in [4.78, 5) is 38.7. The summed E-state index contributed by atoms with van der Waals surface area (Å²) < 4.78 is 16.6.